The van der Waals surface area contributed by atoms with Gasteiger partial charge in [-0.3, -0.25) is 0 Å². The van der Waals surface area contributed by atoms with Gasteiger partial charge in [0.15, 0.2) is 5.11 Å². The molecule has 2 N–H and O–H groups in total. The molecule has 2 aromatic rings. The lowest BCUT2D eigenvalue weighted by Gasteiger charge is -2.10. The second kappa shape index (κ2) is 9.90. The second-order valence-corrected chi connectivity index (χ2v) is 7.32. The molecule has 0 saturated carbocycles. The van der Waals surface area contributed by atoms with Crippen LogP contribution < -0.4 is 10.6 Å². The molecule has 0 bridgehead atoms. The molecule has 0 aromatic heterocycles. The molecule has 0 aliphatic rings. The van der Waals surface area contributed by atoms with E-state index in [4.69, 9.17) is 12.2 Å². The van der Waals surface area contributed by atoms with Gasteiger partial charge in [0.25, 0.3) is 0 Å². The molecule has 2 nitrogen and oxygen atoms in total. The van der Waals surface area contributed by atoms with Crippen molar-refractivity contribution in [2.24, 2.45) is 0 Å². The van der Waals surface area contributed by atoms with Crippen molar-refractivity contribution in [3.8, 4) is 0 Å². The largest absolute Gasteiger partial charge is 0.362 e. The summed E-state index contributed by atoms with van der Waals surface area (Å²) in [5.74, 6) is 1.53. The Morgan fingerprint density at radius 3 is 2.78 bits per heavy atom. The standard InChI is InChI=1S/C17H18BrFN2S2/c18-14-6-3-7-15(11-14)21-17(22)20-9-4-10-23-12-13-5-1-2-8-16(13)19/h1-3,5-8,11H,4,9-10,12H2,(H2,20,21,22). The summed E-state index contributed by atoms with van der Waals surface area (Å²) in [4.78, 5) is 0. The van der Waals surface area contributed by atoms with E-state index in [9.17, 15) is 4.39 Å². The van der Waals surface area contributed by atoms with E-state index in [1.165, 1.54) is 6.07 Å². The first-order chi connectivity index (χ1) is 11.1. The van der Waals surface area contributed by atoms with Crippen LogP contribution in [0.1, 0.15) is 12.0 Å². The van der Waals surface area contributed by atoms with Gasteiger partial charge in [0.05, 0.1) is 0 Å². The lowest BCUT2D eigenvalue weighted by molar-refractivity contribution is 0.617. The van der Waals surface area contributed by atoms with Crippen LogP contribution in [-0.2, 0) is 5.75 Å². The van der Waals surface area contributed by atoms with Crippen molar-refractivity contribution in [3.05, 3.63) is 64.4 Å². The summed E-state index contributed by atoms with van der Waals surface area (Å²) in [7, 11) is 0. The first-order valence-corrected chi connectivity index (χ1v) is 9.62. The van der Waals surface area contributed by atoms with Crippen LogP contribution in [0.2, 0.25) is 0 Å². The van der Waals surface area contributed by atoms with Crippen molar-refractivity contribution in [2.45, 2.75) is 12.2 Å². The zero-order chi connectivity index (χ0) is 16.5. The molecule has 0 unspecified atom stereocenters. The molecule has 2 aromatic carbocycles. The minimum Gasteiger partial charge on any atom is -0.362 e. The van der Waals surface area contributed by atoms with E-state index in [0.29, 0.717) is 10.9 Å². The third-order valence-corrected chi connectivity index (χ3v) is 4.88. The Morgan fingerprint density at radius 2 is 2.00 bits per heavy atom. The summed E-state index contributed by atoms with van der Waals surface area (Å²) < 4.78 is 14.5. The fourth-order valence-corrected chi connectivity index (χ4v) is 3.48. The van der Waals surface area contributed by atoms with Crippen LogP contribution in [0.3, 0.4) is 0 Å². The van der Waals surface area contributed by atoms with Crippen LogP contribution in [0.4, 0.5) is 10.1 Å². The smallest absolute Gasteiger partial charge is 0.170 e. The fourth-order valence-electron chi connectivity index (χ4n) is 1.92. The molecule has 23 heavy (non-hydrogen) atoms. The predicted molar refractivity (Wildman–Crippen MR) is 106 cm³/mol. The van der Waals surface area contributed by atoms with Crippen LogP contribution in [0, 0.1) is 5.82 Å². The molecule has 6 heteroatoms. The number of halogens is 2. The van der Waals surface area contributed by atoms with Crippen LogP contribution in [0.15, 0.2) is 53.0 Å². The maximum atomic E-state index is 13.5. The minimum atomic E-state index is -0.127. The van der Waals surface area contributed by atoms with E-state index in [-0.39, 0.29) is 5.82 Å². The van der Waals surface area contributed by atoms with E-state index >= 15 is 0 Å². The Balaban J connectivity index is 1.58. The van der Waals surface area contributed by atoms with E-state index in [1.54, 1.807) is 17.8 Å². The summed E-state index contributed by atoms with van der Waals surface area (Å²) >= 11 is 10.4. The van der Waals surface area contributed by atoms with Crippen molar-refractivity contribution in [1.82, 2.24) is 5.32 Å². The van der Waals surface area contributed by atoms with Gasteiger partial charge in [-0.15, -0.1) is 0 Å². The highest BCUT2D eigenvalue weighted by Gasteiger charge is 2.01. The Kier molecular flexibility index (Phi) is 7.85. The SMILES string of the molecule is Fc1ccccc1CSCCCNC(=S)Nc1cccc(Br)c1. The first-order valence-electron chi connectivity index (χ1n) is 7.27. The van der Waals surface area contributed by atoms with E-state index in [1.807, 2.05) is 36.4 Å². The molecule has 0 aliphatic heterocycles. The number of thioether (sulfide) groups is 1. The zero-order valence-corrected chi connectivity index (χ0v) is 15.7. The molecular formula is C17H18BrFN2S2. The first kappa shape index (κ1) is 18.2. The molecule has 0 heterocycles. The lowest BCUT2D eigenvalue weighted by atomic mass is 10.2. The average molecular weight is 413 g/mol. The van der Waals surface area contributed by atoms with Gasteiger partial charge in [0.2, 0.25) is 0 Å². The molecule has 0 atom stereocenters. The highest BCUT2D eigenvalue weighted by molar-refractivity contribution is 9.10. The monoisotopic (exact) mass is 412 g/mol. The van der Waals surface area contributed by atoms with Crippen molar-refractivity contribution < 1.29 is 4.39 Å². The Hall–Kier alpha value is -1.11. The van der Waals surface area contributed by atoms with Crippen molar-refractivity contribution in [3.63, 3.8) is 0 Å². The summed E-state index contributed by atoms with van der Waals surface area (Å²) in [6.07, 6.45) is 0.972. The molecule has 0 radical (unpaired) electrons. The Bertz CT molecular complexity index is 652. The van der Waals surface area contributed by atoms with Gasteiger partial charge in [-0.05, 0) is 54.2 Å². The van der Waals surface area contributed by atoms with Crippen LogP contribution in [0.25, 0.3) is 0 Å². The van der Waals surface area contributed by atoms with Crippen molar-refractivity contribution >= 4 is 50.7 Å². The third kappa shape index (κ3) is 6.89. The molecule has 0 spiro atoms. The summed E-state index contributed by atoms with van der Waals surface area (Å²) in [5, 5.41) is 6.93. The second-order valence-electron chi connectivity index (χ2n) is 4.89. The Labute approximate surface area is 154 Å². The number of hydrogen-bond acceptors (Lipinski definition) is 2. The predicted octanol–water partition coefficient (Wildman–Crippen LogP) is 5.20. The lowest BCUT2D eigenvalue weighted by Crippen LogP contribution is -2.29. The number of hydrogen-bond donors (Lipinski definition) is 2. The van der Waals surface area contributed by atoms with Crippen LogP contribution in [-0.4, -0.2) is 17.4 Å². The number of thiocarbonyl (C=S) groups is 1. The molecular weight excluding hydrogens is 395 g/mol. The maximum absolute atomic E-state index is 13.5. The van der Waals surface area contributed by atoms with Crippen LogP contribution in [0.5, 0.6) is 0 Å². The van der Waals surface area contributed by atoms with Crippen molar-refractivity contribution in [1.29, 1.82) is 0 Å². The Morgan fingerprint density at radius 1 is 1.17 bits per heavy atom. The van der Waals surface area contributed by atoms with Gasteiger partial charge in [-0.2, -0.15) is 11.8 Å². The van der Waals surface area contributed by atoms with Gasteiger partial charge in [-0.1, -0.05) is 40.2 Å². The number of benzene rings is 2. The van der Waals surface area contributed by atoms with Gasteiger partial charge in [0.1, 0.15) is 5.82 Å². The van der Waals surface area contributed by atoms with Crippen molar-refractivity contribution in [2.75, 3.05) is 17.6 Å². The topological polar surface area (TPSA) is 24.1 Å². The molecule has 0 aliphatic carbocycles. The summed E-state index contributed by atoms with van der Waals surface area (Å²) in [6.45, 7) is 0.796. The highest BCUT2D eigenvalue weighted by atomic mass is 79.9. The quantitative estimate of drug-likeness (QED) is 0.482. The highest BCUT2D eigenvalue weighted by Crippen LogP contribution is 2.16. The normalized spacial score (nSPS) is 10.3. The van der Waals surface area contributed by atoms with Gasteiger partial charge in [-0.25, -0.2) is 4.39 Å². The minimum absolute atomic E-state index is 0.127. The molecule has 122 valence electrons. The molecule has 0 fully saturated rings. The number of nitrogens with one attached hydrogen (secondary N) is 2. The summed E-state index contributed by atoms with van der Waals surface area (Å²) in [6, 6.07) is 14.8. The van der Waals surface area contributed by atoms with Crippen LogP contribution >= 0.6 is 39.9 Å². The molecule has 2 rings (SSSR count). The van der Waals surface area contributed by atoms with Gasteiger partial charge in [0, 0.05) is 22.5 Å². The maximum Gasteiger partial charge on any atom is 0.170 e. The van der Waals surface area contributed by atoms with Gasteiger partial charge < -0.3 is 10.6 Å². The average Bonchev–Trinajstić information content (AvgIpc) is 2.52. The fraction of sp³-hybridized carbons (Fsp3) is 0.235. The van der Waals surface area contributed by atoms with E-state index in [2.05, 4.69) is 26.6 Å². The third-order valence-electron chi connectivity index (χ3n) is 3.05. The molecule has 0 saturated heterocycles. The number of rotatable bonds is 7. The number of anilines is 1. The molecule has 0 amide bonds. The van der Waals surface area contributed by atoms with Gasteiger partial charge >= 0.3 is 0 Å². The summed E-state index contributed by atoms with van der Waals surface area (Å²) in [5.41, 5.74) is 1.71. The zero-order valence-electron chi connectivity index (χ0n) is 12.5. The van der Waals surface area contributed by atoms with E-state index < -0.39 is 0 Å². The van der Waals surface area contributed by atoms with E-state index in [0.717, 1.165) is 34.4 Å².